The van der Waals surface area contributed by atoms with Crippen LogP contribution in [-0.2, 0) is 14.3 Å². The second-order valence-electron chi connectivity index (χ2n) is 5.66. The molecule has 1 aliphatic carbocycles. The Morgan fingerprint density at radius 3 is 2.57 bits per heavy atom. The van der Waals surface area contributed by atoms with Gasteiger partial charge in [-0.2, -0.15) is 0 Å². The molecule has 0 bridgehead atoms. The van der Waals surface area contributed by atoms with Crippen LogP contribution in [0.4, 0.5) is 0 Å². The van der Waals surface area contributed by atoms with Crippen LogP contribution in [0.1, 0.15) is 35.7 Å². The Labute approximate surface area is 139 Å². The molecule has 1 aromatic heterocycles. The highest BCUT2D eigenvalue weighted by Gasteiger charge is 2.27. The van der Waals surface area contributed by atoms with Crippen molar-refractivity contribution in [2.75, 3.05) is 6.61 Å². The average Bonchev–Trinajstić information content (AvgIpc) is 3.04. The molecule has 0 aliphatic heterocycles. The molecule has 1 atom stereocenters. The first-order chi connectivity index (χ1) is 11.2. The summed E-state index contributed by atoms with van der Waals surface area (Å²) in [6.45, 7) is -0.218. The van der Waals surface area contributed by atoms with E-state index in [1.807, 2.05) is 47.8 Å². The lowest BCUT2D eigenvalue weighted by Crippen LogP contribution is -2.34. The molecule has 1 aromatic carbocycles. The minimum atomic E-state index is -0.278. The van der Waals surface area contributed by atoms with Crippen molar-refractivity contribution in [3.63, 3.8) is 0 Å². The maximum Gasteiger partial charge on any atom is 0.309 e. The molecule has 4 nitrogen and oxygen atoms in total. The first-order valence-corrected chi connectivity index (χ1v) is 8.66. The van der Waals surface area contributed by atoms with Crippen molar-refractivity contribution in [3.8, 4) is 0 Å². The highest BCUT2D eigenvalue weighted by Crippen LogP contribution is 2.28. The van der Waals surface area contributed by atoms with E-state index in [9.17, 15) is 9.59 Å². The van der Waals surface area contributed by atoms with Gasteiger partial charge in [0.15, 0.2) is 6.61 Å². The molecule has 5 heteroatoms. The summed E-state index contributed by atoms with van der Waals surface area (Å²) in [6.07, 6.45) is 2.82. The average molecular weight is 329 g/mol. The van der Waals surface area contributed by atoms with E-state index < -0.39 is 0 Å². The van der Waals surface area contributed by atoms with Gasteiger partial charge in [-0.1, -0.05) is 42.8 Å². The van der Waals surface area contributed by atoms with Gasteiger partial charge in [0.05, 0.1) is 12.0 Å². The number of hydrogen-bond acceptors (Lipinski definition) is 4. The number of carbonyl (C=O) groups is 2. The monoisotopic (exact) mass is 329 g/mol. The molecule has 0 spiro atoms. The Kier molecular flexibility index (Phi) is 5.08. The van der Waals surface area contributed by atoms with Crippen LogP contribution < -0.4 is 5.32 Å². The number of amides is 1. The van der Waals surface area contributed by atoms with E-state index in [4.69, 9.17) is 4.74 Å². The van der Waals surface area contributed by atoms with Gasteiger partial charge >= 0.3 is 5.97 Å². The minimum Gasteiger partial charge on any atom is -0.455 e. The van der Waals surface area contributed by atoms with E-state index in [1.54, 1.807) is 11.3 Å². The summed E-state index contributed by atoms with van der Waals surface area (Å²) in [4.78, 5) is 24.9. The molecule has 0 unspecified atom stereocenters. The molecule has 120 valence electrons. The predicted octanol–water partition coefficient (Wildman–Crippen LogP) is 3.30. The van der Waals surface area contributed by atoms with Gasteiger partial charge < -0.3 is 10.1 Å². The Balaban J connectivity index is 1.62. The van der Waals surface area contributed by atoms with Crippen molar-refractivity contribution >= 4 is 23.2 Å². The van der Waals surface area contributed by atoms with E-state index in [2.05, 4.69) is 5.32 Å². The fraction of sp³-hybridized carbons (Fsp3) is 0.333. The second-order valence-corrected chi connectivity index (χ2v) is 6.64. The topological polar surface area (TPSA) is 55.4 Å². The molecule has 2 aromatic rings. The maximum absolute atomic E-state index is 12.2. The molecule has 23 heavy (non-hydrogen) atoms. The quantitative estimate of drug-likeness (QED) is 0.827. The van der Waals surface area contributed by atoms with Crippen LogP contribution in [0.2, 0.25) is 0 Å². The van der Waals surface area contributed by atoms with E-state index in [1.165, 1.54) is 0 Å². The molecule has 0 saturated heterocycles. The summed E-state index contributed by atoms with van der Waals surface area (Å²) in [5.41, 5.74) is 1.01. The first-order valence-electron chi connectivity index (χ1n) is 7.78. The van der Waals surface area contributed by atoms with E-state index >= 15 is 0 Å². The van der Waals surface area contributed by atoms with Gasteiger partial charge in [0.1, 0.15) is 0 Å². The lowest BCUT2D eigenvalue weighted by molar-refractivity contribution is -0.155. The van der Waals surface area contributed by atoms with E-state index in [0.717, 1.165) is 29.7 Å². The normalized spacial score (nSPS) is 15.5. The van der Waals surface area contributed by atoms with Gasteiger partial charge in [-0.25, -0.2) is 0 Å². The number of rotatable bonds is 6. The highest BCUT2D eigenvalue weighted by molar-refractivity contribution is 7.10. The van der Waals surface area contributed by atoms with Crippen LogP contribution in [0.5, 0.6) is 0 Å². The third-order valence-corrected chi connectivity index (χ3v) is 4.99. The minimum absolute atomic E-state index is 0.00924. The first kappa shape index (κ1) is 15.7. The molecule has 3 rings (SSSR count). The lowest BCUT2D eigenvalue weighted by atomic mass is 9.86. The van der Waals surface area contributed by atoms with Gasteiger partial charge in [0.25, 0.3) is 5.91 Å². The maximum atomic E-state index is 12.2. The zero-order valence-electron chi connectivity index (χ0n) is 12.7. The standard InChI is InChI=1S/C18H19NO3S/c20-16(12-22-18(21)14-8-4-9-14)19-17(15-10-5-11-23-15)13-6-2-1-3-7-13/h1-3,5-7,10-11,14,17H,4,8-9,12H2,(H,19,20)/t17-/m1/s1. The number of carbonyl (C=O) groups excluding carboxylic acids is 2. The summed E-state index contributed by atoms with van der Waals surface area (Å²) in [7, 11) is 0. The van der Waals surface area contributed by atoms with Gasteiger partial charge in [-0.15, -0.1) is 11.3 Å². The van der Waals surface area contributed by atoms with Crippen LogP contribution in [0.15, 0.2) is 47.8 Å². The lowest BCUT2D eigenvalue weighted by Gasteiger charge is -2.23. The number of ether oxygens (including phenoxy) is 1. The van der Waals surface area contributed by atoms with Gasteiger partial charge in [-0.3, -0.25) is 9.59 Å². The smallest absolute Gasteiger partial charge is 0.309 e. The Morgan fingerprint density at radius 2 is 1.96 bits per heavy atom. The molecule has 1 amide bonds. The fourth-order valence-corrected chi connectivity index (χ4v) is 3.32. The predicted molar refractivity (Wildman–Crippen MR) is 89.0 cm³/mol. The fourth-order valence-electron chi connectivity index (χ4n) is 2.52. The van der Waals surface area contributed by atoms with Crippen molar-refractivity contribution < 1.29 is 14.3 Å². The Bertz CT molecular complexity index is 650. The van der Waals surface area contributed by atoms with Crippen molar-refractivity contribution in [2.24, 2.45) is 5.92 Å². The number of hydrogen-bond donors (Lipinski definition) is 1. The second kappa shape index (κ2) is 7.42. The third kappa shape index (κ3) is 3.99. The summed E-state index contributed by atoms with van der Waals surface area (Å²) in [5.74, 6) is -0.538. The van der Waals surface area contributed by atoms with Crippen LogP contribution in [0, 0.1) is 5.92 Å². The van der Waals surface area contributed by atoms with Gasteiger partial charge in [-0.05, 0) is 29.9 Å². The molecule has 1 N–H and O–H groups in total. The number of esters is 1. The molecular formula is C18H19NO3S. The molecule has 1 saturated carbocycles. The summed E-state index contributed by atoms with van der Waals surface area (Å²) < 4.78 is 5.11. The number of nitrogens with one attached hydrogen (secondary N) is 1. The number of benzene rings is 1. The SMILES string of the molecule is O=C(COC(=O)C1CCC1)N[C@H](c1ccccc1)c1cccs1. The largest absolute Gasteiger partial charge is 0.455 e. The third-order valence-electron chi connectivity index (χ3n) is 4.05. The molecule has 1 fully saturated rings. The van der Waals surface area contributed by atoms with Gasteiger partial charge in [0, 0.05) is 4.88 Å². The Morgan fingerprint density at radius 1 is 1.17 bits per heavy atom. The zero-order valence-corrected chi connectivity index (χ0v) is 13.6. The summed E-state index contributed by atoms with van der Waals surface area (Å²) in [5, 5.41) is 4.94. The van der Waals surface area contributed by atoms with Crippen molar-refractivity contribution in [3.05, 3.63) is 58.3 Å². The van der Waals surface area contributed by atoms with Crippen LogP contribution in [0.3, 0.4) is 0 Å². The summed E-state index contributed by atoms with van der Waals surface area (Å²) >= 11 is 1.59. The highest BCUT2D eigenvalue weighted by atomic mass is 32.1. The molecule has 1 heterocycles. The number of thiophene rings is 1. The van der Waals surface area contributed by atoms with Crippen molar-refractivity contribution in [2.45, 2.75) is 25.3 Å². The van der Waals surface area contributed by atoms with Crippen molar-refractivity contribution in [1.82, 2.24) is 5.32 Å². The summed E-state index contributed by atoms with van der Waals surface area (Å²) in [6, 6.07) is 13.5. The molecule has 0 radical (unpaired) electrons. The zero-order chi connectivity index (χ0) is 16.1. The van der Waals surface area contributed by atoms with E-state index in [0.29, 0.717) is 0 Å². The van der Waals surface area contributed by atoms with Gasteiger partial charge in [0.2, 0.25) is 0 Å². The van der Waals surface area contributed by atoms with E-state index in [-0.39, 0.29) is 30.4 Å². The molecular weight excluding hydrogens is 310 g/mol. The molecule has 1 aliphatic rings. The van der Waals surface area contributed by atoms with Crippen LogP contribution >= 0.6 is 11.3 Å². The van der Waals surface area contributed by atoms with Crippen LogP contribution in [-0.4, -0.2) is 18.5 Å². The van der Waals surface area contributed by atoms with Crippen LogP contribution in [0.25, 0.3) is 0 Å². The van der Waals surface area contributed by atoms with Crippen molar-refractivity contribution in [1.29, 1.82) is 0 Å². The Hall–Kier alpha value is -2.14.